The Balaban J connectivity index is 2.12. The summed E-state index contributed by atoms with van der Waals surface area (Å²) in [5.74, 6) is -0.134. The molecule has 0 saturated carbocycles. The van der Waals surface area contributed by atoms with Gasteiger partial charge in [-0.3, -0.25) is 4.79 Å². The molecule has 7 unspecified atom stereocenters. The van der Waals surface area contributed by atoms with Crippen molar-refractivity contribution in [2.24, 2.45) is 0 Å². The lowest BCUT2D eigenvalue weighted by Gasteiger charge is -2.40. The number of nitrogens with one attached hydrogen (secondary N) is 1. The summed E-state index contributed by atoms with van der Waals surface area (Å²) in [6.07, 6.45) is 61.6. The molecule has 442 valence electrons. The Hall–Kier alpha value is -0.810. The highest BCUT2D eigenvalue weighted by atomic mass is 16.7. The SMILES string of the molecule is CCCCCCCCCCCCCCCCCCCCCCCCCCCCCCC(O)C(COC1OC(CO)C(O)C(O)C1O)NC(=O)CCCCCCCCCCCCCCCCCCCCCCCCC. The zero-order valence-electron chi connectivity index (χ0n) is 49.4. The molecule has 0 aliphatic carbocycles. The third kappa shape index (κ3) is 44.1. The largest absolute Gasteiger partial charge is 0.394 e. The molecule has 1 saturated heterocycles. The van der Waals surface area contributed by atoms with Crippen molar-refractivity contribution < 1.29 is 39.8 Å². The number of unbranched alkanes of at least 4 members (excludes halogenated alkanes) is 49. The van der Waals surface area contributed by atoms with E-state index in [2.05, 4.69) is 19.2 Å². The van der Waals surface area contributed by atoms with Gasteiger partial charge in [0.15, 0.2) is 6.29 Å². The number of aliphatic hydroxyl groups is 5. The molecule has 0 aromatic rings. The summed E-state index contributed by atoms with van der Waals surface area (Å²) in [6.45, 7) is 3.90. The number of rotatable bonds is 59. The van der Waals surface area contributed by atoms with Gasteiger partial charge in [-0.05, 0) is 12.8 Å². The molecule has 0 spiro atoms. The first-order valence-corrected chi connectivity index (χ1v) is 33.2. The Kier molecular flexibility index (Phi) is 53.4. The van der Waals surface area contributed by atoms with Crippen LogP contribution in [-0.2, 0) is 14.3 Å². The highest BCUT2D eigenvalue weighted by molar-refractivity contribution is 5.76. The van der Waals surface area contributed by atoms with Crippen LogP contribution in [0.1, 0.15) is 354 Å². The molecule has 1 aliphatic heterocycles. The van der Waals surface area contributed by atoms with Crippen molar-refractivity contribution in [1.82, 2.24) is 5.32 Å². The molecule has 0 aromatic heterocycles. The molecule has 9 nitrogen and oxygen atoms in total. The van der Waals surface area contributed by atoms with E-state index < -0.39 is 49.5 Å². The van der Waals surface area contributed by atoms with Gasteiger partial charge in [0.05, 0.1) is 25.4 Å². The maximum atomic E-state index is 13.1. The summed E-state index contributed by atoms with van der Waals surface area (Å²) in [6, 6.07) is -0.715. The Morgan fingerprint density at radius 3 is 0.959 bits per heavy atom. The van der Waals surface area contributed by atoms with Crippen LogP contribution in [0.25, 0.3) is 0 Å². The molecule has 0 radical (unpaired) electrons. The number of hydrogen-bond acceptors (Lipinski definition) is 8. The van der Waals surface area contributed by atoms with E-state index in [9.17, 15) is 30.3 Å². The summed E-state index contributed by atoms with van der Waals surface area (Å²) in [4.78, 5) is 13.1. The lowest BCUT2D eigenvalue weighted by atomic mass is 9.99. The van der Waals surface area contributed by atoms with E-state index in [-0.39, 0.29) is 12.5 Å². The zero-order valence-corrected chi connectivity index (χ0v) is 49.4. The predicted molar refractivity (Wildman–Crippen MR) is 314 cm³/mol. The maximum Gasteiger partial charge on any atom is 0.220 e. The van der Waals surface area contributed by atoms with Crippen LogP contribution in [0.2, 0.25) is 0 Å². The third-order valence-corrected chi connectivity index (χ3v) is 16.5. The minimum atomic E-state index is -1.55. The number of carbonyl (C=O) groups is 1. The molecule has 74 heavy (non-hydrogen) atoms. The van der Waals surface area contributed by atoms with E-state index >= 15 is 0 Å². The van der Waals surface area contributed by atoms with Gasteiger partial charge in [0, 0.05) is 6.42 Å². The van der Waals surface area contributed by atoms with Crippen LogP contribution in [-0.4, -0.2) is 87.5 Å². The summed E-state index contributed by atoms with van der Waals surface area (Å²) in [5, 5.41) is 54.9. The van der Waals surface area contributed by atoms with Crippen LogP contribution in [0, 0.1) is 0 Å². The number of aliphatic hydroxyl groups excluding tert-OH is 5. The van der Waals surface area contributed by atoms with Gasteiger partial charge in [0.1, 0.15) is 24.4 Å². The molecule has 0 bridgehead atoms. The van der Waals surface area contributed by atoms with Gasteiger partial charge in [-0.2, -0.15) is 0 Å². The molecule has 6 N–H and O–H groups in total. The zero-order chi connectivity index (χ0) is 53.6. The highest BCUT2D eigenvalue weighted by Gasteiger charge is 2.44. The monoisotopic (exact) mass is 1050 g/mol. The average molecular weight is 1050 g/mol. The second kappa shape index (κ2) is 55.5. The number of amides is 1. The first kappa shape index (κ1) is 71.2. The Bertz CT molecular complexity index is 1130. The van der Waals surface area contributed by atoms with Crippen molar-refractivity contribution in [1.29, 1.82) is 0 Å². The fourth-order valence-corrected chi connectivity index (χ4v) is 11.2. The lowest BCUT2D eigenvalue weighted by Crippen LogP contribution is -2.60. The van der Waals surface area contributed by atoms with Gasteiger partial charge in [-0.1, -0.05) is 335 Å². The Morgan fingerprint density at radius 2 is 0.676 bits per heavy atom. The van der Waals surface area contributed by atoms with Crippen molar-refractivity contribution in [3.63, 3.8) is 0 Å². The summed E-state index contributed by atoms with van der Waals surface area (Å²) in [7, 11) is 0. The van der Waals surface area contributed by atoms with Gasteiger partial charge >= 0.3 is 0 Å². The summed E-state index contributed by atoms with van der Waals surface area (Å²) >= 11 is 0. The summed E-state index contributed by atoms with van der Waals surface area (Å²) in [5.41, 5.74) is 0. The van der Waals surface area contributed by atoms with Gasteiger partial charge in [-0.15, -0.1) is 0 Å². The van der Waals surface area contributed by atoms with Gasteiger partial charge in [0.2, 0.25) is 5.91 Å². The Morgan fingerprint density at radius 1 is 0.405 bits per heavy atom. The fraction of sp³-hybridized carbons (Fsp3) is 0.985. The molecule has 0 aromatic carbocycles. The molecule has 1 fully saturated rings. The van der Waals surface area contributed by atoms with E-state index in [1.165, 1.54) is 289 Å². The van der Waals surface area contributed by atoms with Gasteiger partial charge in [0.25, 0.3) is 0 Å². The normalized spacial score (nSPS) is 18.8. The van der Waals surface area contributed by atoms with Crippen molar-refractivity contribution in [2.45, 2.75) is 397 Å². The molecular weight excluding hydrogens is 923 g/mol. The summed E-state index contributed by atoms with van der Waals surface area (Å²) < 4.78 is 11.4. The molecule has 7 atom stereocenters. The van der Waals surface area contributed by atoms with E-state index in [4.69, 9.17) is 9.47 Å². The molecular formula is C65H129NO8. The van der Waals surface area contributed by atoms with Crippen LogP contribution >= 0.6 is 0 Å². The first-order chi connectivity index (χ1) is 36.3. The predicted octanol–water partition coefficient (Wildman–Crippen LogP) is 17.4. The van der Waals surface area contributed by atoms with Crippen LogP contribution in [0.15, 0.2) is 0 Å². The van der Waals surface area contributed by atoms with Crippen LogP contribution < -0.4 is 5.32 Å². The van der Waals surface area contributed by atoms with Crippen molar-refractivity contribution in [2.75, 3.05) is 13.2 Å². The van der Waals surface area contributed by atoms with Gasteiger partial charge in [-0.25, -0.2) is 0 Å². The van der Waals surface area contributed by atoms with Gasteiger partial charge < -0.3 is 40.3 Å². The third-order valence-electron chi connectivity index (χ3n) is 16.5. The Labute approximate surface area is 459 Å². The van der Waals surface area contributed by atoms with E-state index in [1.807, 2.05) is 0 Å². The van der Waals surface area contributed by atoms with E-state index in [1.54, 1.807) is 0 Å². The minimum Gasteiger partial charge on any atom is -0.394 e. The fourth-order valence-electron chi connectivity index (χ4n) is 11.2. The maximum absolute atomic E-state index is 13.1. The van der Waals surface area contributed by atoms with Crippen LogP contribution in [0.3, 0.4) is 0 Å². The van der Waals surface area contributed by atoms with Crippen molar-refractivity contribution in [3.8, 4) is 0 Å². The molecule has 1 amide bonds. The number of ether oxygens (including phenoxy) is 2. The smallest absolute Gasteiger partial charge is 0.220 e. The van der Waals surface area contributed by atoms with Crippen LogP contribution in [0.4, 0.5) is 0 Å². The molecule has 1 aliphatic rings. The first-order valence-electron chi connectivity index (χ1n) is 33.2. The van der Waals surface area contributed by atoms with E-state index in [0.717, 1.165) is 38.5 Å². The average Bonchev–Trinajstić information content (AvgIpc) is 3.40. The van der Waals surface area contributed by atoms with Crippen LogP contribution in [0.5, 0.6) is 0 Å². The molecule has 1 rings (SSSR count). The molecule has 1 heterocycles. The van der Waals surface area contributed by atoms with E-state index in [0.29, 0.717) is 12.8 Å². The quantitative estimate of drug-likeness (QED) is 0.0330. The highest BCUT2D eigenvalue weighted by Crippen LogP contribution is 2.24. The minimum absolute atomic E-state index is 0.130. The number of carbonyl (C=O) groups excluding carboxylic acids is 1. The van der Waals surface area contributed by atoms with Crippen molar-refractivity contribution >= 4 is 5.91 Å². The second-order valence-corrected chi connectivity index (χ2v) is 23.6. The number of hydrogen-bond donors (Lipinski definition) is 6. The second-order valence-electron chi connectivity index (χ2n) is 23.6. The van der Waals surface area contributed by atoms with Crippen molar-refractivity contribution in [3.05, 3.63) is 0 Å². The standard InChI is InChI=1S/C65H129NO8/c1-3-5-7-9-11-13-15-17-19-21-23-25-27-28-29-30-31-33-34-36-38-40-42-44-46-48-50-52-54-59(68)58(57-73-65-64(72)63(71)62(70)60(56-67)74-65)66-61(69)55-53-51-49-47-45-43-41-39-37-35-32-26-24-22-20-18-16-14-12-10-8-6-4-2/h58-60,62-65,67-68,70-72H,3-57H2,1-2H3,(H,66,69). The topological polar surface area (TPSA) is 149 Å². The molecule has 9 heteroatoms. The lowest BCUT2D eigenvalue weighted by molar-refractivity contribution is -0.302.